The summed E-state index contributed by atoms with van der Waals surface area (Å²) < 4.78 is 41.7. The fraction of sp³-hybridized carbons (Fsp3) is 0.433. The Morgan fingerprint density at radius 3 is 2.46 bits per heavy atom. The van der Waals surface area contributed by atoms with Gasteiger partial charge in [0.15, 0.2) is 11.3 Å². The number of rotatable bonds is 15. The highest BCUT2D eigenvalue weighted by Crippen LogP contribution is 2.30. The van der Waals surface area contributed by atoms with Crippen molar-refractivity contribution in [1.29, 1.82) is 0 Å². The molecule has 0 spiro atoms. The van der Waals surface area contributed by atoms with Crippen LogP contribution in [0.15, 0.2) is 52.2 Å². The molecule has 2 heterocycles. The van der Waals surface area contributed by atoms with Crippen LogP contribution < -0.4 is 19.8 Å². The highest BCUT2D eigenvalue weighted by Gasteiger charge is 2.21. The lowest BCUT2D eigenvalue weighted by atomic mass is 10.1. The summed E-state index contributed by atoms with van der Waals surface area (Å²) in [5, 5.41) is 4.72. The molecule has 4 aromatic rings. The number of nitrogens with zero attached hydrogens (tertiary/aromatic N) is 3. The molecule has 0 radical (unpaired) electrons. The van der Waals surface area contributed by atoms with Gasteiger partial charge >= 0.3 is 0 Å². The lowest BCUT2D eigenvalue weighted by Gasteiger charge is -2.13. The molecule has 0 aliphatic rings. The van der Waals surface area contributed by atoms with E-state index in [9.17, 15) is 13.2 Å². The number of unbranched alkanes of at least 4 members (excludes halogenated alkanes) is 4. The lowest BCUT2D eigenvalue weighted by Crippen LogP contribution is -2.26. The van der Waals surface area contributed by atoms with Crippen LogP contribution in [0.25, 0.3) is 16.9 Å². The quantitative estimate of drug-likeness (QED) is 0.192. The van der Waals surface area contributed by atoms with Crippen LogP contribution in [0.2, 0.25) is 0 Å². The zero-order chi connectivity index (χ0) is 29.4. The number of hydrogen-bond donors (Lipinski definition) is 2. The molecular weight excluding hydrogens is 542 g/mol. The maximum atomic E-state index is 13.2. The number of imidazole rings is 1. The van der Waals surface area contributed by atoms with E-state index in [0.29, 0.717) is 47.8 Å². The number of aromatic nitrogens is 4. The van der Waals surface area contributed by atoms with E-state index in [1.165, 1.54) is 25.0 Å². The van der Waals surface area contributed by atoms with E-state index in [-0.39, 0.29) is 22.8 Å². The van der Waals surface area contributed by atoms with E-state index in [1.54, 1.807) is 24.6 Å². The third-order valence-electron chi connectivity index (χ3n) is 6.93. The first-order valence-corrected chi connectivity index (χ1v) is 15.6. The first-order valence-electron chi connectivity index (χ1n) is 14.2. The van der Waals surface area contributed by atoms with Gasteiger partial charge in [-0.2, -0.15) is 0 Å². The van der Waals surface area contributed by atoms with Gasteiger partial charge < -0.3 is 14.5 Å². The fourth-order valence-electron chi connectivity index (χ4n) is 4.75. The van der Waals surface area contributed by atoms with Gasteiger partial charge in [-0.05, 0) is 62.6 Å². The van der Waals surface area contributed by atoms with Crippen molar-refractivity contribution in [1.82, 2.24) is 24.3 Å². The van der Waals surface area contributed by atoms with Crippen molar-refractivity contribution in [2.24, 2.45) is 0 Å². The molecular formula is C30H39N5O5S. The molecule has 0 aliphatic carbocycles. The molecule has 11 heteroatoms. The predicted molar refractivity (Wildman–Crippen MR) is 159 cm³/mol. The second-order valence-electron chi connectivity index (χ2n) is 9.93. The Balaban J connectivity index is 1.62. The van der Waals surface area contributed by atoms with Gasteiger partial charge in [0.1, 0.15) is 17.3 Å². The Hall–Kier alpha value is -3.70. The van der Waals surface area contributed by atoms with Crippen molar-refractivity contribution >= 4 is 15.5 Å². The number of nitrogens with one attached hydrogen (secondary N) is 2. The number of aryl methyl sites for hydroxylation is 2. The molecule has 0 amide bonds. The van der Waals surface area contributed by atoms with E-state index in [1.807, 2.05) is 31.2 Å². The number of benzene rings is 2. The zero-order valence-corrected chi connectivity index (χ0v) is 25.0. The standard InChI is InChI=1S/C30H39N5O5S/c1-5-7-8-9-10-11-27-32-21(3)28-30(36)33-29(34-35(27)28)25-20-24(16-17-26(25)40-6-2)41(37,38)31-19-18-22-12-14-23(39-4)15-13-22/h12-17,20,31H,5-11,18-19H2,1-4H3,(H,33,34,36). The maximum Gasteiger partial charge on any atom is 0.277 e. The van der Waals surface area contributed by atoms with E-state index in [2.05, 4.69) is 21.6 Å². The number of methoxy groups -OCH3 is 1. The minimum atomic E-state index is -3.85. The van der Waals surface area contributed by atoms with Gasteiger partial charge in [0.25, 0.3) is 5.56 Å². The number of fused-ring (bicyclic) bond motifs is 1. The van der Waals surface area contributed by atoms with Crippen LogP contribution in [-0.2, 0) is 22.9 Å². The van der Waals surface area contributed by atoms with E-state index in [0.717, 1.165) is 30.6 Å². The van der Waals surface area contributed by atoms with Crippen molar-refractivity contribution in [3.8, 4) is 22.9 Å². The van der Waals surface area contributed by atoms with Crippen LogP contribution >= 0.6 is 0 Å². The van der Waals surface area contributed by atoms with E-state index < -0.39 is 10.0 Å². The summed E-state index contributed by atoms with van der Waals surface area (Å²) in [7, 11) is -2.25. The smallest absolute Gasteiger partial charge is 0.277 e. The number of hydrogen-bond acceptors (Lipinski definition) is 7. The van der Waals surface area contributed by atoms with Gasteiger partial charge in [-0.15, -0.1) is 5.10 Å². The normalized spacial score (nSPS) is 11.7. The van der Waals surface area contributed by atoms with Crippen LogP contribution in [0, 0.1) is 6.92 Å². The highest BCUT2D eigenvalue weighted by molar-refractivity contribution is 7.89. The van der Waals surface area contributed by atoms with E-state index >= 15 is 0 Å². The SMILES string of the molecule is CCCCCCCc1nc(C)c2c(=O)[nH]c(-c3cc(S(=O)(=O)NCCc4ccc(OC)cc4)ccc3OCC)nn12. The van der Waals surface area contributed by atoms with Gasteiger partial charge in [-0.1, -0.05) is 44.7 Å². The highest BCUT2D eigenvalue weighted by atomic mass is 32.2. The number of H-pyrrole nitrogens is 1. The summed E-state index contributed by atoms with van der Waals surface area (Å²) in [5.74, 6) is 2.09. The zero-order valence-electron chi connectivity index (χ0n) is 24.2. The van der Waals surface area contributed by atoms with Crippen LogP contribution in [0.4, 0.5) is 0 Å². The van der Waals surface area contributed by atoms with Crippen LogP contribution in [0.3, 0.4) is 0 Å². The number of aromatic amines is 1. The van der Waals surface area contributed by atoms with Crippen molar-refractivity contribution in [3.05, 3.63) is 69.9 Å². The minimum absolute atomic E-state index is 0.0476. The third-order valence-corrected chi connectivity index (χ3v) is 8.39. The molecule has 2 aromatic carbocycles. The van der Waals surface area contributed by atoms with Gasteiger partial charge in [0.05, 0.1) is 29.9 Å². The molecule has 41 heavy (non-hydrogen) atoms. The molecule has 0 saturated carbocycles. The summed E-state index contributed by atoms with van der Waals surface area (Å²) >= 11 is 0. The van der Waals surface area contributed by atoms with Gasteiger partial charge in [0.2, 0.25) is 10.0 Å². The Kier molecular flexibility index (Phi) is 10.2. The van der Waals surface area contributed by atoms with Gasteiger partial charge in [-0.25, -0.2) is 22.6 Å². The van der Waals surface area contributed by atoms with Gasteiger partial charge in [0, 0.05) is 13.0 Å². The second-order valence-corrected chi connectivity index (χ2v) is 11.7. The maximum absolute atomic E-state index is 13.2. The Bertz CT molecular complexity index is 1630. The third kappa shape index (κ3) is 7.34. The largest absolute Gasteiger partial charge is 0.497 e. The molecule has 0 atom stereocenters. The Morgan fingerprint density at radius 1 is 1.00 bits per heavy atom. The summed E-state index contributed by atoms with van der Waals surface area (Å²) in [6.07, 6.45) is 6.75. The molecule has 0 aliphatic heterocycles. The lowest BCUT2D eigenvalue weighted by molar-refractivity contribution is 0.341. The topological polar surface area (TPSA) is 128 Å². The van der Waals surface area contributed by atoms with Crippen LogP contribution in [0.1, 0.15) is 63.0 Å². The molecule has 4 rings (SSSR count). The molecule has 220 valence electrons. The Labute approximate surface area is 241 Å². The van der Waals surface area contributed by atoms with Gasteiger partial charge in [-0.3, -0.25) is 4.79 Å². The second kappa shape index (κ2) is 13.8. The number of sulfonamides is 1. The van der Waals surface area contributed by atoms with Crippen LogP contribution in [0.5, 0.6) is 11.5 Å². The fourth-order valence-corrected chi connectivity index (χ4v) is 5.81. The summed E-state index contributed by atoms with van der Waals surface area (Å²) in [5.41, 5.74) is 2.01. The Morgan fingerprint density at radius 2 is 1.76 bits per heavy atom. The monoisotopic (exact) mass is 581 g/mol. The first kappa shape index (κ1) is 30.3. The minimum Gasteiger partial charge on any atom is -0.497 e. The molecule has 0 fully saturated rings. The summed E-state index contributed by atoms with van der Waals surface area (Å²) in [4.78, 5) is 20.6. The predicted octanol–water partition coefficient (Wildman–Crippen LogP) is 4.83. The average Bonchev–Trinajstić information content (AvgIpc) is 3.28. The molecule has 0 saturated heterocycles. The van der Waals surface area contributed by atoms with Crippen molar-refractivity contribution in [2.75, 3.05) is 20.3 Å². The summed E-state index contributed by atoms with van der Waals surface area (Å²) in [6.45, 7) is 6.39. The van der Waals surface area contributed by atoms with Crippen molar-refractivity contribution < 1.29 is 17.9 Å². The molecule has 2 N–H and O–H groups in total. The van der Waals surface area contributed by atoms with E-state index in [4.69, 9.17) is 14.6 Å². The number of ether oxygens (including phenoxy) is 2. The first-order chi connectivity index (χ1) is 19.8. The summed E-state index contributed by atoms with van der Waals surface area (Å²) in [6, 6.07) is 12.0. The van der Waals surface area contributed by atoms with Crippen molar-refractivity contribution in [2.45, 2.75) is 70.6 Å². The average molecular weight is 582 g/mol. The molecule has 0 bridgehead atoms. The molecule has 10 nitrogen and oxygen atoms in total. The van der Waals surface area contributed by atoms with Crippen LogP contribution in [-0.4, -0.2) is 48.3 Å². The molecule has 0 unspecified atom stereocenters. The molecule has 2 aromatic heterocycles. The van der Waals surface area contributed by atoms with Crippen molar-refractivity contribution in [3.63, 3.8) is 0 Å².